The Labute approximate surface area is 165 Å². The van der Waals surface area contributed by atoms with Crippen molar-refractivity contribution in [2.45, 2.75) is 51.3 Å². The van der Waals surface area contributed by atoms with Crippen molar-refractivity contribution in [2.24, 2.45) is 0 Å². The third-order valence-corrected chi connectivity index (χ3v) is 5.44. The number of para-hydroxylation sites is 1. The fourth-order valence-electron chi connectivity index (χ4n) is 4.03. The van der Waals surface area contributed by atoms with Crippen LogP contribution in [0.2, 0.25) is 0 Å². The molecule has 0 aliphatic carbocycles. The van der Waals surface area contributed by atoms with Crippen LogP contribution in [-0.4, -0.2) is 28.9 Å². The Morgan fingerprint density at radius 1 is 1.18 bits per heavy atom. The van der Waals surface area contributed by atoms with Crippen LogP contribution in [0.5, 0.6) is 5.75 Å². The number of fused-ring (bicyclic) bond motifs is 1. The topological polar surface area (TPSA) is 58.6 Å². The molecule has 5 nitrogen and oxygen atoms in total. The number of nitrogens with one attached hydrogen (secondary N) is 1. The van der Waals surface area contributed by atoms with Crippen molar-refractivity contribution in [3.8, 4) is 5.75 Å². The van der Waals surface area contributed by atoms with Crippen molar-refractivity contribution in [1.82, 2.24) is 10.2 Å². The number of likely N-dealkylation sites (tertiary alicyclic amines) is 1. The molecule has 1 saturated heterocycles. The Hall–Kier alpha value is -2.82. The highest BCUT2D eigenvalue weighted by molar-refractivity contribution is 5.94. The minimum absolute atomic E-state index is 0.0886. The first-order valence-corrected chi connectivity index (χ1v) is 9.87. The van der Waals surface area contributed by atoms with Gasteiger partial charge in [0.15, 0.2) is 0 Å². The Kier molecular flexibility index (Phi) is 4.84. The van der Waals surface area contributed by atoms with Crippen LogP contribution in [0.4, 0.5) is 0 Å². The zero-order valence-electron chi connectivity index (χ0n) is 16.4. The summed E-state index contributed by atoms with van der Waals surface area (Å²) in [6, 6.07) is 15.3. The molecule has 1 atom stereocenters. The first-order chi connectivity index (χ1) is 13.4. The van der Waals surface area contributed by atoms with Crippen molar-refractivity contribution in [2.75, 3.05) is 6.54 Å². The second kappa shape index (κ2) is 7.30. The van der Waals surface area contributed by atoms with E-state index in [1.54, 1.807) is 0 Å². The van der Waals surface area contributed by atoms with Crippen molar-refractivity contribution in [3.63, 3.8) is 0 Å². The van der Waals surface area contributed by atoms with Gasteiger partial charge in [0, 0.05) is 37.1 Å². The highest BCUT2D eigenvalue weighted by Gasteiger charge is 2.34. The van der Waals surface area contributed by atoms with Crippen LogP contribution in [0, 0.1) is 0 Å². The Morgan fingerprint density at radius 2 is 1.93 bits per heavy atom. The highest BCUT2D eigenvalue weighted by Crippen LogP contribution is 2.39. The van der Waals surface area contributed by atoms with Gasteiger partial charge in [0.05, 0.1) is 6.04 Å². The molecule has 2 aromatic rings. The SMILES string of the molecule is CC1(C)CC(NC(=O)c2ccc(CN3CCCC3=O)cc2)c2ccccc2O1. The molecule has 2 aliphatic heterocycles. The molecule has 28 heavy (non-hydrogen) atoms. The summed E-state index contributed by atoms with van der Waals surface area (Å²) >= 11 is 0. The van der Waals surface area contributed by atoms with E-state index in [1.165, 1.54) is 0 Å². The van der Waals surface area contributed by atoms with E-state index in [9.17, 15) is 9.59 Å². The third-order valence-electron chi connectivity index (χ3n) is 5.44. The first kappa shape index (κ1) is 18.5. The lowest BCUT2D eigenvalue weighted by atomic mass is 9.89. The van der Waals surface area contributed by atoms with Gasteiger partial charge in [-0.05, 0) is 44.0 Å². The van der Waals surface area contributed by atoms with Crippen molar-refractivity contribution < 1.29 is 14.3 Å². The number of ether oxygens (including phenoxy) is 1. The highest BCUT2D eigenvalue weighted by atomic mass is 16.5. The van der Waals surface area contributed by atoms with Crippen molar-refractivity contribution in [1.29, 1.82) is 0 Å². The minimum Gasteiger partial charge on any atom is -0.487 e. The number of benzene rings is 2. The lowest BCUT2D eigenvalue weighted by Gasteiger charge is -2.37. The summed E-state index contributed by atoms with van der Waals surface area (Å²) in [4.78, 5) is 26.5. The summed E-state index contributed by atoms with van der Waals surface area (Å²) in [7, 11) is 0. The maximum absolute atomic E-state index is 12.8. The van der Waals surface area contributed by atoms with Crippen molar-refractivity contribution >= 4 is 11.8 Å². The fourth-order valence-corrected chi connectivity index (χ4v) is 4.03. The van der Waals surface area contributed by atoms with Gasteiger partial charge in [-0.25, -0.2) is 0 Å². The fraction of sp³-hybridized carbons (Fsp3) is 0.391. The molecule has 4 rings (SSSR count). The molecule has 5 heteroatoms. The van der Waals surface area contributed by atoms with E-state index < -0.39 is 0 Å². The van der Waals surface area contributed by atoms with Gasteiger partial charge < -0.3 is 15.0 Å². The summed E-state index contributed by atoms with van der Waals surface area (Å²) in [6.45, 7) is 5.51. The van der Waals surface area contributed by atoms with Crippen LogP contribution in [0.25, 0.3) is 0 Å². The average molecular weight is 378 g/mol. The molecule has 2 amide bonds. The molecule has 0 aromatic heterocycles. The van der Waals surface area contributed by atoms with Gasteiger partial charge in [-0.15, -0.1) is 0 Å². The Balaban J connectivity index is 1.46. The minimum atomic E-state index is -0.335. The van der Waals surface area contributed by atoms with E-state index in [2.05, 4.69) is 5.32 Å². The third kappa shape index (κ3) is 3.88. The number of hydrogen-bond donors (Lipinski definition) is 1. The molecule has 0 bridgehead atoms. The summed E-state index contributed by atoms with van der Waals surface area (Å²) in [6.07, 6.45) is 2.29. The van der Waals surface area contributed by atoms with Gasteiger partial charge in [-0.1, -0.05) is 30.3 Å². The zero-order chi connectivity index (χ0) is 19.7. The van der Waals surface area contributed by atoms with Gasteiger partial charge >= 0.3 is 0 Å². The molecular formula is C23H26N2O3. The van der Waals surface area contributed by atoms with Gasteiger partial charge in [0.2, 0.25) is 5.91 Å². The Morgan fingerprint density at radius 3 is 2.64 bits per heavy atom. The van der Waals surface area contributed by atoms with Gasteiger partial charge in [-0.3, -0.25) is 9.59 Å². The molecule has 0 radical (unpaired) electrons. The van der Waals surface area contributed by atoms with Crippen LogP contribution in [-0.2, 0) is 11.3 Å². The summed E-state index contributed by atoms with van der Waals surface area (Å²) in [5.74, 6) is 0.943. The molecule has 1 N–H and O–H groups in total. The summed E-state index contributed by atoms with van der Waals surface area (Å²) in [5.41, 5.74) is 2.35. The second-order valence-electron chi connectivity index (χ2n) is 8.25. The van der Waals surface area contributed by atoms with Crippen molar-refractivity contribution in [3.05, 3.63) is 65.2 Å². The molecule has 0 saturated carbocycles. The van der Waals surface area contributed by atoms with Crippen LogP contribution < -0.4 is 10.1 Å². The van der Waals surface area contributed by atoms with Gasteiger partial charge in [-0.2, -0.15) is 0 Å². The van der Waals surface area contributed by atoms with Crippen LogP contribution in [0.3, 0.4) is 0 Å². The monoisotopic (exact) mass is 378 g/mol. The van der Waals surface area contributed by atoms with E-state index in [0.29, 0.717) is 24.9 Å². The second-order valence-corrected chi connectivity index (χ2v) is 8.25. The van der Waals surface area contributed by atoms with Crippen LogP contribution in [0.1, 0.15) is 60.6 Å². The van der Waals surface area contributed by atoms with E-state index in [-0.39, 0.29) is 23.5 Å². The standard InChI is InChI=1S/C23H26N2O3/c1-23(2)14-19(18-6-3-4-7-20(18)28-23)24-22(27)17-11-9-16(10-12-17)15-25-13-5-8-21(25)26/h3-4,6-7,9-12,19H,5,8,13-15H2,1-2H3,(H,24,27). The lowest BCUT2D eigenvalue weighted by Crippen LogP contribution is -2.41. The van der Waals surface area contributed by atoms with Gasteiger partial charge in [0.25, 0.3) is 5.91 Å². The van der Waals surface area contributed by atoms with E-state index >= 15 is 0 Å². The van der Waals surface area contributed by atoms with E-state index in [0.717, 1.165) is 29.8 Å². The molecular weight excluding hydrogens is 352 g/mol. The van der Waals surface area contributed by atoms with Crippen LogP contribution >= 0.6 is 0 Å². The quantitative estimate of drug-likeness (QED) is 0.879. The number of nitrogens with zero attached hydrogens (tertiary/aromatic N) is 1. The van der Waals surface area contributed by atoms with Crippen LogP contribution in [0.15, 0.2) is 48.5 Å². The molecule has 1 unspecified atom stereocenters. The maximum atomic E-state index is 12.8. The summed E-state index contributed by atoms with van der Waals surface area (Å²) in [5, 5.41) is 3.16. The predicted molar refractivity (Wildman–Crippen MR) is 107 cm³/mol. The molecule has 1 fully saturated rings. The zero-order valence-corrected chi connectivity index (χ0v) is 16.4. The normalized spacial score (nSPS) is 20.4. The number of hydrogen-bond acceptors (Lipinski definition) is 3. The summed E-state index contributed by atoms with van der Waals surface area (Å²) < 4.78 is 6.04. The van der Waals surface area contributed by atoms with E-state index in [1.807, 2.05) is 67.3 Å². The van der Waals surface area contributed by atoms with E-state index in [4.69, 9.17) is 4.74 Å². The number of carbonyl (C=O) groups is 2. The number of carbonyl (C=O) groups excluding carboxylic acids is 2. The maximum Gasteiger partial charge on any atom is 0.251 e. The molecule has 146 valence electrons. The number of amides is 2. The average Bonchev–Trinajstić information content (AvgIpc) is 3.06. The smallest absolute Gasteiger partial charge is 0.251 e. The largest absolute Gasteiger partial charge is 0.487 e. The molecule has 2 heterocycles. The molecule has 0 spiro atoms. The van der Waals surface area contributed by atoms with Gasteiger partial charge in [0.1, 0.15) is 11.4 Å². The predicted octanol–water partition coefficient (Wildman–Crippen LogP) is 3.84. The molecule has 2 aromatic carbocycles. The number of rotatable bonds is 4. The first-order valence-electron chi connectivity index (χ1n) is 9.87. The molecule has 2 aliphatic rings. The Bertz CT molecular complexity index is 889. The lowest BCUT2D eigenvalue weighted by molar-refractivity contribution is -0.128.